The molecular formula is C21H24FN7O2. The number of pyridine rings is 1. The Labute approximate surface area is 178 Å². The van der Waals surface area contributed by atoms with Gasteiger partial charge in [-0.25, -0.2) is 14.5 Å². The lowest BCUT2D eigenvalue weighted by Gasteiger charge is -2.26. The first-order valence-corrected chi connectivity index (χ1v) is 10.6. The van der Waals surface area contributed by atoms with E-state index >= 15 is 0 Å². The number of halogens is 1. The van der Waals surface area contributed by atoms with Gasteiger partial charge in [0.25, 0.3) is 5.91 Å². The molecule has 2 fully saturated rings. The Kier molecular flexibility index (Phi) is 5.14. The fraction of sp³-hybridized carbons (Fsp3) is 0.429. The minimum Gasteiger partial charge on any atom is -0.393 e. The zero-order chi connectivity index (χ0) is 21.4. The number of carbonyl (C=O) groups is 1. The topological polar surface area (TPSA) is 116 Å². The summed E-state index contributed by atoms with van der Waals surface area (Å²) < 4.78 is 14.9. The van der Waals surface area contributed by atoms with Crippen LogP contribution in [-0.4, -0.2) is 48.8 Å². The molecule has 0 bridgehead atoms. The molecular weight excluding hydrogens is 401 g/mol. The number of nitrogens with zero attached hydrogens (tertiary/aromatic N) is 4. The van der Waals surface area contributed by atoms with Crippen molar-refractivity contribution in [2.45, 2.75) is 56.7 Å². The van der Waals surface area contributed by atoms with E-state index in [1.165, 1.54) is 23.0 Å². The molecule has 1 amide bonds. The van der Waals surface area contributed by atoms with Gasteiger partial charge in [-0.3, -0.25) is 4.79 Å². The molecule has 162 valence electrons. The third-order valence-corrected chi connectivity index (χ3v) is 5.67. The standard InChI is InChI=1S/C21H24FN7O2/c22-18-9-14(7-8-23-18)27-21(31)17-11-24-20-16(25-12-1-2-12)10-19(28-29(17)20)26-13-3-5-15(30)6-4-13/h7-13,15,25,30H,1-6H2,(H,26,28)(H,23,27,31). The lowest BCUT2D eigenvalue weighted by molar-refractivity contribution is 0.102. The summed E-state index contributed by atoms with van der Waals surface area (Å²) in [6, 6.07) is 5.20. The largest absolute Gasteiger partial charge is 0.393 e. The summed E-state index contributed by atoms with van der Waals surface area (Å²) in [7, 11) is 0. The lowest BCUT2D eigenvalue weighted by Crippen LogP contribution is -2.29. The fourth-order valence-corrected chi connectivity index (χ4v) is 3.85. The molecule has 31 heavy (non-hydrogen) atoms. The Morgan fingerprint density at radius 2 is 1.81 bits per heavy atom. The highest BCUT2D eigenvalue weighted by atomic mass is 19.1. The second kappa shape index (κ2) is 8.10. The van der Waals surface area contributed by atoms with Gasteiger partial charge in [0.05, 0.1) is 18.0 Å². The van der Waals surface area contributed by atoms with Crippen molar-refractivity contribution in [1.82, 2.24) is 19.6 Å². The molecule has 2 saturated carbocycles. The summed E-state index contributed by atoms with van der Waals surface area (Å²) >= 11 is 0. The molecule has 2 aliphatic carbocycles. The molecule has 3 aromatic heterocycles. The molecule has 0 unspecified atom stereocenters. The maximum absolute atomic E-state index is 13.4. The van der Waals surface area contributed by atoms with Crippen LogP contribution in [0.3, 0.4) is 0 Å². The predicted octanol–water partition coefficient (Wildman–Crippen LogP) is 2.81. The van der Waals surface area contributed by atoms with E-state index in [2.05, 4.69) is 31.0 Å². The van der Waals surface area contributed by atoms with Gasteiger partial charge in [0, 0.05) is 36.1 Å². The third kappa shape index (κ3) is 4.43. The van der Waals surface area contributed by atoms with Crippen molar-refractivity contribution in [3.05, 3.63) is 42.2 Å². The van der Waals surface area contributed by atoms with Crippen molar-refractivity contribution in [3.8, 4) is 0 Å². The van der Waals surface area contributed by atoms with Crippen LogP contribution in [0.1, 0.15) is 49.0 Å². The monoisotopic (exact) mass is 425 g/mol. The molecule has 3 heterocycles. The lowest BCUT2D eigenvalue weighted by atomic mass is 9.93. The number of fused-ring (bicyclic) bond motifs is 1. The molecule has 2 aliphatic rings. The van der Waals surface area contributed by atoms with E-state index in [9.17, 15) is 14.3 Å². The molecule has 3 aromatic rings. The zero-order valence-electron chi connectivity index (χ0n) is 16.9. The van der Waals surface area contributed by atoms with Gasteiger partial charge in [0.2, 0.25) is 5.95 Å². The Balaban J connectivity index is 1.45. The first-order chi connectivity index (χ1) is 15.0. The number of hydrogen-bond donors (Lipinski definition) is 4. The van der Waals surface area contributed by atoms with Gasteiger partial charge < -0.3 is 21.1 Å². The number of aliphatic hydroxyl groups excluding tert-OH is 1. The molecule has 0 aliphatic heterocycles. The summed E-state index contributed by atoms with van der Waals surface area (Å²) in [6.45, 7) is 0. The van der Waals surface area contributed by atoms with Crippen LogP contribution in [0.2, 0.25) is 0 Å². The van der Waals surface area contributed by atoms with E-state index in [1.807, 2.05) is 6.07 Å². The van der Waals surface area contributed by atoms with Crippen molar-refractivity contribution in [1.29, 1.82) is 0 Å². The van der Waals surface area contributed by atoms with E-state index in [1.54, 1.807) is 0 Å². The Morgan fingerprint density at radius 3 is 2.55 bits per heavy atom. The highest BCUT2D eigenvalue weighted by molar-refractivity contribution is 6.03. The van der Waals surface area contributed by atoms with E-state index in [0.29, 0.717) is 23.2 Å². The third-order valence-electron chi connectivity index (χ3n) is 5.67. The highest BCUT2D eigenvalue weighted by Crippen LogP contribution is 2.30. The van der Waals surface area contributed by atoms with E-state index in [0.717, 1.165) is 50.3 Å². The second-order valence-corrected chi connectivity index (χ2v) is 8.21. The molecule has 4 N–H and O–H groups in total. The summed E-state index contributed by atoms with van der Waals surface area (Å²) in [6.07, 6.45) is 7.95. The number of nitrogens with one attached hydrogen (secondary N) is 3. The van der Waals surface area contributed by atoms with E-state index in [-0.39, 0.29) is 17.8 Å². The SMILES string of the molecule is O=C(Nc1ccnc(F)c1)c1cnc2c(NC3CC3)cc(NC3CCC(O)CC3)nn12. The maximum atomic E-state index is 13.4. The molecule has 0 aromatic carbocycles. The minimum absolute atomic E-state index is 0.211. The quantitative estimate of drug-likeness (QED) is 0.449. The molecule has 0 spiro atoms. The molecule has 9 nitrogen and oxygen atoms in total. The van der Waals surface area contributed by atoms with Crippen LogP contribution in [0.5, 0.6) is 0 Å². The van der Waals surface area contributed by atoms with Crippen LogP contribution in [0.15, 0.2) is 30.6 Å². The van der Waals surface area contributed by atoms with Gasteiger partial charge in [0.1, 0.15) is 5.82 Å². The average molecular weight is 425 g/mol. The van der Waals surface area contributed by atoms with Gasteiger partial charge >= 0.3 is 0 Å². The van der Waals surface area contributed by atoms with Crippen molar-refractivity contribution in [3.63, 3.8) is 0 Å². The van der Waals surface area contributed by atoms with Crippen molar-refractivity contribution in [2.75, 3.05) is 16.0 Å². The first-order valence-electron chi connectivity index (χ1n) is 10.6. The second-order valence-electron chi connectivity index (χ2n) is 8.21. The summed E-state index contributed by atoms with van der Waals surface area (Å²) in [5.74, 6) is -0.478. The van der Waals surface area contributed by atoms with Crippen LogP contribution in [-0.2, 0) is 0 Å². The highest BCUT2D eigenvalue weighted by Gasteiger charge is 2.25. The van der Waals surface area contributed by atoms with Crippen molar-refractivity contribution in [2.24, 2.45) is 0 Å². The number of anilines is 3. The molecule has 0 radical (unpaired) electrons. The number of hydrogen-bond acceptors (Lipinski definition) is 7. The normalized spacial score (nSPS) is 21.1. The molecule has 5 rings (SSSR count). The Morgan fingerprint density at radius 1 is 1.06 bits per heavy atom. The van der Waals surface area contributed by atoms with Gasteiger partial charge in [-0.2, -0.15) is 4.39 Å². The number of aliphatic hydroxyl groups is 1. The molecule has 0 saturated heterocycles. The number of rotatable bonds is 6. The van der Waals surface area contributed by atoms with Gasteiger partial charge in [-0.15, -0.1) is 5.10 Å². The minimum atomic E-state index is -0.672. The van der Waals surface area contributed by atoms with Gasteiger partial charge in [0.15, 0.2) is 11.3 Å². The van der Waals surface area contributed by atoms with Crippen LogP contribution >= 0.6 is 0 Å². The molecule has 10 heteroatoms. The maximum Gasteiger partial charge on any atom is 0.276 e. The average Bonchev–Trinajstić information content (AvgIpc) is 3.45. The van der Waals surface area contributed by atoms with Crippen LogP contribution in [0.4, 0.5) is 21.6 Å². The number of carbonyl (C=O) groups excluding carboxylic acids is 1. The zero-order valence-corrected chi connectivity index (χ0v) is 16.9. The predicted molar refractivity (Wildman–Crippen MR) is 114 cm³/mol. The van der Waals surface area contributed by atoms with E-state index in [4.69, 9.17) is 0 Å². The van der Waals surface area contributed by atoms with Crippen molar-refractivity contribution >= 4 is 28.7 Å². The first kappa shape index (κ1) is 19.7. The van der Waals surface area contributed by atoms with Gasteiger partial charge in [-0.1, -0.05) is 0 Å². The summed E-state index contributed by atoms with van der Waals surface area (Å²) in [5.41, 5.74) is 1.92. The Hall–Kier alpha value is -3.27. The summed E-state index contributed by atoms with van der Waals surface area (Å²) in [5, 5.41) is 23.9. The van der Waals surface area contributed by atoms with Crippen LogP contribution in [0.25, 0.3) is 5.65 Å². The summed E-state index contributed by atoms with van der Waals surface area (Å²) in [4.78, 5) is 20.8. The fourth-order valence-electron chi connectivity index (χ4n) is 3.85. The number of aromatic nitrogens is 4. The van der Waals surface area contributed by atoms with Crippen LogP contribution in [0, 0.1) is 5.95 Å². The van der Waals surface area contributed by atoms with E-state index < -0.39 is 11.9 Å². The van der Waals surface area contributed by atoms with Gasteiger partial charge in [-0.05, 0) is 44.6 Å². The Bertz CT molecular complexity index is 1110. The number of amides is 1. The van der Waals surface area contributed by atoms with Crippen molar-refractivity contribution < 1.29 is 14.3 Å². The molecule has 0 atom stereocenters. The smallest absolute Gasteiger partial charge is 0.276 e. The number of imidazole rings is 1. The van der Waals surface area contributed by atoms with Crippen LogP contribution < -0.4 is 16.0 Å².